The Hall–Kier alpha value is -2.28. The molecule has 23 heavy (non-hydrogen) atoms. The Kier molecular flexibility index (Phi) is 5.81. The largest absolute Gasteiger partial charge is 0.468 e. The molecule has 0 aliphatic heterocycles. The fourth-order valence-corrected chi connectivity index (χ4v) is 2.81. The van der Waals surface area contributed by atoms with Crippen molar-refractivity contribution in [2.24, 2.45) is 0 Å². The summed E-state index contributed by atoms with van der Waals surface area (Å²) >= 11 is 1.45. The van der Waals surface area contributed by atoms with E-state index in [1.165, 1.54) is 23.3 Å². The first-order valence-corrected chi connectivity index (χ1v) is 8.11. The lowest BCUT2D eigenvalue weighted by atomic mass is 10.2. The maximum absolute atomic E-state index is 12.4. The minimum Gasteiger partial charge on any atom is -0.468 e. The van der Waals surface area contributed by atoms with E-state index in [1.807, 2.05) is 37.4 Å². The molecule has 0 spiro atoms. The van der Waals surface area contributed by atoms with Gasteiger partial charge in [-0.1, -0.05) is 6.07 Å². The van der Waals surface area contributed by atoms with Crippen molar-refractivity contribution in [3.05, 3.63) is 35.5 Å². The number of methoxy groups -OCH3 is 1. The molecule has 7 heteroatoms. The third-order valence-corrected chi connectivity index (χ3v) is 4.15. The number of amides is 1. The molecule has 0 atom stereocenters. The molecule has 2 aromatic rings. The van der Waals surface area contributed by atoms with E-state index in [2.05, 4.69) is 14.7 Å². The molecular formula is C16H19N3O3S. The Morgan fingerprint density at radius 1 is 1.35 bits per heavy atom. The highest BCUT2D eigenvalue weighted by Crippen LogP contribution is 2.21. The minimum atomic E-state index is -0.431. The molecule has 2 aromatic heterocycles. The number of hydrogen-bond acceptors (Lipinski definition) is 6. The van der Waals surface area contributed by atoms with Crippen molar-refractivity contribution in [3.63, 3.8) is 0 Å². The van der Waals surface area contributed by atoms with Gasteiger partial charge in [0.05, 0.1) is 24.9 Å². The number of pyridine rings is 1. The van der Waals surface area contributed by atoms with Crippen LogP contribution in [-0.2, 0) is 20.7 Å². The number of esters is 1. The average molecular weight is 333 g/mol. The third-order valence-electron chi connectivity index (χ3n) is 3.24. The van der Waals surface area contributed by atoms with Gasteiger partial charge in [0, 0.05) is 17.6 Å². The van der Waals surface area contributed by atoms with Crippen molar-refractivity contribution in [1.82, 2.24) is 14.9 Å². The van der Waals surface area contributed by atoms with Gasteiger partial charge in [-0.2, -0.15) is 0 Å². The lowest BCUT2D eigenvalue weighted by Crippen LogP contribution is -2.41. The molecule has 2 heterocycles. The van der Waals surface area contributed by atoms with E-state index in [-0.39, 0.29) is 24.9 Å². The molecule has 1 amide bonds. The zero-order chi connectivity index (χ0) is 16.8. The Morgan fingerprint density at radius 3 is 2.74 bits per heavy atom. The normalized spacial score (nSPS) is 10.6. The molecule has 0 aliphatic carbocycles. The van der Waals surface area contributed by atoms with Crippen LogP contribution >= 0.6 is 11.3 Å². The van der Waals surface area contributed by atoms with Gasteiger partial charge in [0.2, 0.25) is 5.91 Å². The fraction of sp³-hybridized carbons (Fsp3) is 0.375. The lowest BCUT2D eigenvalue weighted by Gasteiger charge is -2.25. The first kappa shape index (κ1) is 17.1. The van der Waals surface area contributed by atoms with Crippen LogP contribution in [0.4, 0.5) is 0 Å². The van der Waals surface area contributed by atoms with Gasteiger partial charge in [-0.25, -0.2) is 4.98 Å². The van der Waals surface area contributed by atoms with E-state index < -0.39 is 5.97 Å². The highest BCUT2D eigenvalue weighted by Gasteiger charge is 2.21. The summed E-state index contributed by atoms with van der Waals surface area (Å²) in [6, 6.07) is 5.53. The summed E-state index contributed by atoms with van der Waals surface area (Å²) in [5, 5.41) is 2.62. The van der Waals surface area contributed by atoms with Gasteiger partial charge in [-0.15, -0.1) is 11.3 Å². The van der Waals surface area contributed by atoms with Gasteiger partial charge in [0.15, 0.2) is 0 Å². The summed E-state index contributed by atoms with van der Waals surface area (Å²) in [6.45, 7) is 3.67. The van der Waals surface area contributed by atoms with E-state index >= 15 is 0 Å². The van der Waals surface area contributed by atoms with Crippen LogP contribution in [0.15, 0.2) is 29.8 Å². The maximum Gasteiger partial charge on any atom is 0.325 e. The van der Waals surface area contributed by atoms with Gasteiger partial charge < -0.3 is 9.64 Å². The summed E-state index contributed by atoms with van der Waals surface area (Å²) in [6.07, 6.45) is 1.86. The zero-order valence-corrected chi connectivity index (χ0v) is 14.2. The minimum absolute atomic E-state index is 0.0514. The number of nitrogens with zero attached hydrogens (tertiary/aromatic N) is 3. The molecule has 6 nitrogen and oxygen atoms in total. The van der Waals surface area contributed by atoms with Crippen LogP contribution in [0.25, 0.3) is 10.7 Å². The molecule has 0 aliphatic rings. The summed E-state index contributed by atoms with van der Waals surface area (Å²) in [5.41, 5.74) is 1.46. The van der Waals surface area contributed by atoms with Crippen molar-refractivity contribution in [3.8, 4) is 10.7 Å². The number of thiazole rings is 1. The average Bonchev–Trinajstić information content (AvgIpc) is 3.01. The Morgan fingerprint density at radius 2 is 2.13 bits per heavy atom. The first-order valence-electron chi connectivity index (χ1n) is 7.23. The second kappa shape index (κ2) is 7.82. The molecule has 0 saturated carbocycles. The number of carbonyl (C=O) groups is 2. The summed E-state index contributed by atoms with van der Waals surface area (Å²) < 4.78 is 4.64. The Bertz CT molecular complexity index is 670. The molecule has 0 N–H and O–H groups in total. The fourth-order valence-electron chi connectivity index (χ4n) is 2.01. The SMILES string of the molecule is COC(=O)CN(C(=O)Cc1csc(-c2ccccn2)n1)C(C)C. The Labute approximate surface area is 139 Å². The van der Waals surface area contributed by atoms with Crippen molar-refractivity contribution in [1.29, 1.82) is 0 Å². The lowest BCUT2D eigenvalue weighted by molar-refractivity contribution is -0.148. The molecule has 0 fully saturated rings. The molecule has 0 unspecified atom stereocenters. The number of ether oxygens (including phenoxy) is 1. The van der Waals surface area contributed by atoms with Crippen LogP contribution in [0.2, 0.25) is 0 Å². The van der Waals surface area contributed by atoms with Crippen molar-refractivity contribution in [2.75, 3.05) is 13.7 Å². The Balaban J connectivity index is 2.07. The highest BCUT2D eigenvalue weighted by molar-refractivity contribution is 7.13. The third kappa shape index (κ3) is 4.59. The van der Waals surface area contributed by atoms with Gasteiger partial charge in [-0.3, -0.25) is 14.6 Å². The van der Waals surface area contributed by atoms with Crippen LogP contribution < -0.4 is 0 Å². The van der Waals surface area contributed by atoms with Crippen LogP contribution in [0.5, 0.6) is 0 Å². The van der Waals surface area contributed by atoms with E-state index in [0.717, 1.165) is 10.7 Å². The highest BCUT2D eigenvalue weighted by atomic mass is 32.1. The topological polar surface area (TPSA) is 72.4 Å². The predicted molar refractivity (Wildman–Crippen MR) is 87.9 cm³/mol. The summed E-state index contributed by atoms with van der Waals surface area (Å²) in [4.78, 5) is 34.0. The van der Waals surface area contributed by atoms with Gasteiger partial charge in [0.25, 0.3) is 0 Å². The van der Waals surface area contributed by atoms with Crippen molar-refractivity contribution in [2.45, 2.75) is 26.3 Å². The monoisotopic (exact) mass is 333 g/mol. The molecule has 122 valence electrons. The van der Waals surface area contributed by atoms with Gasteiger partial charge in [-0.05, 0) is 26.0 Å². The summed E-state index contributed by atoms with van der Waals surface area (Å²) in [7, 11) is 1.31. The number of carbonyl (C=O) groups excluding carboxylic acids is 2. The molecule has 0 aromatic carbocycles. The van der Waals surface area contributed by atoms with Crippen LogP contribution in [-0.4, -0.2) is 46.4 Å². The second-order valence-corrected chi connectivity index (χ2v) is 6.09. The van der Waals surface area contributed by atoms with Gasteiger partial charge in [0.1, 0.15) is 11.6 Å². The standard InChI is InChI=1S/C16H19N3O3S/c1-11(2)19(9-15(21)22-3)14(20)8-12-10-23-16(18-12)13-6-4-5-7-17-13/h4-7,10-11H,8-9H2,1-3H3. The number of aromatic nitrogens is 2. The first-order chi connectivity index (χ1) is 11.0. The van der Waals surface area contributed by atoms with E-state index in [4.69, 9.17) is 0 Å². The quantitative estimate of drug-likeness (QED) is 0.758. The summed E-state index contributed by atoms with van der Waals surface area (Å²) in [5.74, 6) is -0.581. The second-order valence-electron chi connectivity index (χ2n) is 5.23. The molecular weight excluding hydrogens is 314 g/mol. The molecule has 0 saturated heterocycles. The van der Waals surface area contributed by atoms with Crippen molar-refractivity contribution < 1.29 is 14.3 Å². The maximum atomic E-state index is 12.4. The van der Waals surface area contributed by atoms with Gasteiger partial charge >= 0.3 is 5.97 Å². The molecule has 0 radical (unpaired) electrons. The number of rotatable bonds is 6. The van der Waals surface area contributed by atoms with E-state index in [0.29, 0.717) is 5.69 Å². The zero-order valence-electron chi connectivity index (χ0n) is 13.4. The van der Waals surface area contributed by atoms with Crippen LogP contribution in [0.3, 0.4) is 0 Å². The van der Waals surface area contributed by atoms with Crippen LogP contribution in [0, 0.1) is 0 Å². The van der Waals surface area contributed by atoms with Crippen molar-refractivity contribution >= 4 is 23.2 Å². The van der Waals surface area contributed by atoms with E-state index in [1.54, 1.807) is 6.20 Å². The van der Waals surface area contributed by atoms with Crippen LogP contribution in [0.1, 0.15) is 19.5 Å². The molecule has 2 rings (SSSR count). The number of hydrogen-bond donors (Lipinski definition) is 0. The predicted octanol–water partition coefficient (Wildman–Crippen LogP) is 2.16. The molecule has 0 bridgehead atoms. The van der Waals surface area contributed by atoms with E-state index in [9.17, 15) is 9.59 Å². The smallest absolute Gasteiger partial charge is 0.325 e.